The molecule has 5 rings (SSSR count). The monoisotopic (exact) mass is 452 g/mol. The molecule has 0 saturated carbocycles. The molecule has 1 fully saturated rings. The quantitative estimate of drug-likeness (QED) is 0.593. The summed E-state index contributed by atoms with van der Waals surface area (Å²) in [4.78, 5) is 20.3. The first kappa shape index (κ1) is 21.8. The molecule has 0 spiro atoms. The number of hydrogen-bond donors (Lipinski definition) is 1. The second-order valence-electron chi connectivity index (χ2n) is 9.20. The Morgan fingerprint density at radius 3 is 2.82 bits per heavy atom. The zero-order valence-corrected chi connectivity index (χ0v) is 19.1. The summed E-state index contributed by atoms with van der Waals surface area (Å²) in [5.41, 5.74) is 3.73. The first-order chi connectivity index (χ1) is 15.9. The normalized spacial score (nSPS) is 19.1. The molecule has 3 aromatic rings. The van der Waals surface area contributed by atoms with Crippen LogP contribution in [0.3, 0.4) is 0 Å². The van der Waals surface area contributed by atoms with Crippen LogP contribution in [0.25, 0.3) is 16.5 Å². The number of hydrogen-bond acceptors (Lipinski definition) is 6. The predicted molar refractivity (Wildman–Crippen MR) is 124 cm³/mol. The van der Waals surface area contributed by atoms with Gasteiger partial charge < -0.3 is 14.5 Å². The molecule has 0 unspecified atom stereocenters. The van der Waals surface area contributed by atoms with E-state index in [1.54, 1.807) is 17.6 Å². The van der Waals surface area contributed by atoms with Crippen LogP contribution in [0.5, 0.6) is 0 Å². The average molecular weight is 453 g/mol. The molecule has 4 heterocycles. The number of piperidine rings is 1. The Hall–Kier alpha value is -3.00. The molecule has 2 aromatic heterocycles. The highest BCUT2D eigenvalue weighted by Gasteiger charge is 2.26. The Morgan fingerprint density at radius 2 is 2.06 bits per heavy atom. The number of fused-ring (bicyclic) bond motifs is 2. The average Bonchev–Trinajstić information content (AvgIpc) is 3.22. The number of aliphatic hydroxyl groups excluding tert-OH is 1. The molecule has 33 heavy (non-hydrogen) atoms. The summed E-state index contributed by atoms with van der Waals surface area (Å²) >= 11 is 0. The van der Waals surface area contributed by atoms with Crippen molar-refractivity contribution in [3.05, 3.63) is 62.9 Å². The second-order valence-corrected chi connectivity index (χ2v) is 9.20. The number of allylic oxidation sites excluding steroid dienone is 2. The minimum absolute atomic E-state index is 0.0205. The van der Waals surface area contributed by atoms with Gasteiger partial charge in [0.1, 0.15) is 11.6 Å². The lowest BCUT2D eigenvalue weighted by Crippen LogP contribution is -2.37. The molecule has 0 aliphatic carbocycles. The minimum atomic E-state index is -0.318. The Bertz CT molecular complexity index is 1280. The van der Waals surface area contributed by atoms with E-state index in [-0.39, 0.29) is 23.1 Å². The van der Waals surface area contributed by atoms with Crippen LogP contribution in [0, 0.1) is 12.7 Å². The number of aryl methyl sites for hydroxylation is 1. The number of aromatic nitrogens is 3. The summed E-state index contributed by atoms with van der Waals surface area (Å²) in [5, 5.41) is 15.1. The molecule has 1 N–H and O–H groups in total. The van der Waals surface area contributed by atoms with Crippen LogP contribution in [-0.2, 0) is 13.0 Å². The third kappa shape index (κ3) is 4.08. The lowest BCUT2D eigenvalue weighted by atomic mass is 9.91. The van der Waals surface area contributed by atoms with Gasteiger partial charge in [0.2, 0.25) is 0 Å². The Morgan fingerprint density at radius 1 is 1.27 bits per heavy atom. The minimum Gasteiger partial charge on any atom is -0.512 e. The highest BCUT2D eigenvalue weighted by molar-refractivity contribution is 5.79. The maximum Gasteiger partial charge on any atom is 0.257 e. The molecule has 0 bridgehead atoms. The van der Waals surface area contributed by atoms with Crippen LogP contribution in [-0.4, -0.2) is 44.3 Å². The molecule has 2 aliphatic rings. The summed E-state index contributed by atoms with van der Waals surface area (Å²) in [7, 11) is 0. The highest BCUT2D eigenvalue weighted by atomic mass is 19.1. The topological polar surface area (TPSA) is 84.4 Å². The van der Waals surface area contributed by atoms with Crippen LogP contribution in [0.15, 0.2) is 33.3 Å². The summed E-state index contributed by atoms with van der Waals surface area (Å²) in [6.45, 7) is 6.82. The van der Waals surface area contributed by atoms with Crippen LogP contribution in [0.4, 0.5) is 4.39 Å². The fourth-order valence-corrected chi connectivity index (χ4v) is 5.22. The number of likely N-dealkylation sites (tertiary alicyclic amines) is 1. The largest absolute Gasteiger partial charge is 0.512 e. The van der Waals surface area contributed by atoms with Crippen molar-refractivity contribution >= 4 is 16.5 Å². The molecular weight excluding hydrogens is 423 g/mol. The van der Waals surface area contributed by atoms with Gasteiger partial charge in [-0.15, -0.1) is 0 Å². The van der Waals surface area contributed by atoms with E-state index >= 15 is 0 Å². The maximum absolute atomic E-state index is 13.4. The van der Waals surface area contributed by atoms with Crippen LogP contribution >= 0.6 is 0 Å². The van der Waals surface area contributed by atoms with Crippen molar-refractivity contribution in [3.63, 3.8) is 0 Å². The first-order valence-corrected chi connectivity index (χ1v) is 11.7. The molecule has 7 nitrogen and oxygen atoms in total. The summed E-state index contributed by atoms with van der Waals surface area (Å²) < 4.78 is 20.5. The van der Waals surface area contributed by atoms with Crippen LogP contribution in [0.2, 0.25) is 0 Å². The molecule has 8 heteroatoms. The van der Waals surface area contributed by atoms with Gasteiger partial charge in [-0.05, 0) is 71.2 Å². The molecule has 0 radical (unpaired) electrons. The first-order valence-electron chi connectivity index (χ1n) is 11.7. The highest BCUT2D eigenvalue weighted by Crippen LogP contribution is 2.33. The van der Waals surface area contributed by atoms with Crippen molar-refractivity contribution in [2.24, 2.45) is 0 Å². The van der Waals surface area contributed by atoms with Crippen molar-refractivity contribution in [2.75, 3.05) is 19.6 Å². The molecule has 2 aliphatic heterocycles. The van der Waals surface area contributed by atoms with E-state index in [2.05, 4.69) is 10.1 Å². The van der Waals surface area contributed by atoms with Gasteiger partial charge in [0.15, 0.2) is 5.58 Å². The maximum atomic E-state index is 13.4. The Kier molecular flexibility index (Phi) is 5.78. The van der Waals surface area contributed by atoms with E-state index in [9.17, 15) is 14.3 Å². The zero-order valence-electron chi connectivity index (χ0n) is 19.1. The van der Waals surface area contributed by atoms with E-state index in [0.29, 0.717) is 24.4 Å². The predicted octanol–water partition coefficient (Wildman–Crippen LogP) is 4.34. The number of aliphatic hydroxyl groups is 1. The van der Waals surface area contributed by atoms with E-state index in [0.717, 1.165) is 73.2 Å². The Labute approximate surface area is 191 Å². The van der Waals surface area contributed by atoms with E-state index in [1.165, 1.54) is 12.1 Å². The molecule has 174 valence electrons. The lowest BCUT2D eigenvalue weighted by Gasteiger charge is -2.31. The summed E-state index contributed by atoms with van der Waals surface area (Å²) in [5.74, 6) is 0.836. The van der Waals surface area contributed by atoms with Crippen molar-refractivity contribution in [1.29, 1.82) is 0 Å². The van der Waals surface area contributed by atoms with Gasteiger partial charge in [0.25, 0.3) is 5.56 Å². The fourth-order valence-electron chi connectivity index (χ4n) is 5.22. The van der Waals surface area contributed by atoms with E-state index < -0.39 is 0 Å². The number of halogens is 1. The van der Waals surface area contributed by atoms with Crippen molar-refractivity contribution in [2.45, 2.75) is 58.4 Å². The molecule has 0 atom stereocenters. The van der Waals surface area contributed by atoms with Gasteiger partial charge in [-0.1, -0.05) is 5.16 Å². The molecule has 0 amide bonds. The zero-order chi connectivity index (χ0) is 23.1. The standard InChI is InChI=1S/C25H29FN4O3/c1-15-19(25(32)30-10-3-4-20(16(2)31)24(30)27-15)9-13-29-11-7-17(8-12-29)23-21-6-5-18(26)14-22(21)33-28-23/h5-6,14,17,31H,3-4,7-13H2,1-2H3/b20-16-. The van der Waals surface area contributed by atoms with Gasteiger partial charge in [-0.3, -0.25) is 9.36 Å². The summed E-state index contributed by atoms with van der Waals surface area (Å²) in [6, 6.07) is 4.59. The van der Waals surface area contributed by atoms with Crippen molar-refractivity contribution < 1.29 is 14.0 Å². The molecular formula is C25H29FN4O3. The van der Waals surface area contributed by atoms with Crippen molar-refractivity contribution in [3.8, 4) is 0 Å². The van der Waals surface area contributed by atoms with Crippen LogP contribution in [0.1, 0.15) is 61.3 Å². The molecule has 1 aromatic carbocycles. The van der Waals surface area contributed by atoms with Gasteiger partial charge >= 0.3 is 0 Å². The van der Waals surface area contributed by atoms with E-state index in [1.807, 2.05) is 6.92 Å². The molecule has 1 saturated heterocycles. The SMILES string of the molecule is C/C(O)=C1\CCCn2c1nc(C)c(CCN1CCC(c3noc4cc(F)ccc34)CC1)c2=O. The summed E-state index contributed by atoms with van der Waals surface area (Å²) in [6.07, 6.45) is 4.14. The lowest BCUT2D eigenvalue weighted by molar-refractivity contribution is 0.211. The van der Waals surface area contributed by atoms with Gasteiger partial charge in [-0.2, -0.15) is 0 Å². The number of benzene rings is 1. The van der Waals surface area contributed by atoms with E-state index in [4.69, 9.17) is 9.51 Å². The van der Waals surface area contributed by atoms with Crippen molar-refractivity contribution in [1.82, 2.24) is 19.6 Å². The fraction of sp³-hybridized carbons (Fsp3) is 0.480. The van der Waals surface area contributed by atoms with Crippen LogP contribution < -0.4 is 5.56 Å². The smallest absolute Gasteiger partial charge is 0.257 e. The number of rotatable bonds is 4. The number of nitrogens with zero attached hydrogens (tertiary/aromatic N) is 4. The third-order valence-electron chi connectivity index (χ3n) is 7.10. The van der Waals surface area contributed by atoms with Gasteiger partial charge in [-0.25, -0.2) is 9.37 Å². The Balaban J connectivity index is 1.26. The second kappa shape index (κ2) is 8.74. The van der Waals surface area contributed by atoms with Gasteiger partial charge in [0.05, 0.1) is 11.5 Å². The van der Waals surface area contributed by atoms with Gasteiger partial charge in [0, 0.05) is 47.3 Å². The third-order valence-corrected chi connectivity index (χ3v) is 7.10.